The van der Waals surface area contributed by atoms with Crippen LogP contribution >= 0.6 is 0 Å². The maximum atomic E-state index is 11.7. The van der Waals surface area contributed by atoms with E-state index in [9.17, 15) is 4.79 Å². The van der Waals surface area contributed by atoms with E-state index in [1.54, 1.807) is 29.2 Å². The molecule has 0 radical (unpaired) electrons. The van der Waals surface area contributed by atoms with Crippen molar-refractivity contribution >= 4 is 0 Å². The Bertz CT molecular complexity index is 592. The zero-order valence-electron chi connectivity index (χ0n) is 11.4. The van der Waals surface area contributed by atoms with Crippen molar-refractivity contribution in [3.63, 3.8) is 0 Å². The van der Waals surface area contributed by atoms with Gasteiger partial charge in [0.1, 0.15) is 0 Å². The van der Waals surface area contributed by atoms with Crippen LogP contribution in [0.3, 0.4) is 0 Å². The first kappa shape index (κ1) is 13.1. The van der Waals surface area contributed by atoms with Gasteiger partial charge in [-0.25, -0.2) is 4.68 Å². The van der Waals surface area contributed by atoms with Crippen molar-refractivity contribution in [1.82, 2.24) is 24.5 Å². The zero-order valence-corrected chi connectivity index (χ0v) is 11.4. The van der Waals surface area contributed by atoms with E-state index in [2.05, 4.69) is 15.1 Å². The fourth-order valence-corrected chi connectivity index (χ4v) is 2.78. The molecule has 3 rings (SSSR count). The van der Waals surface area contributed by atoms with Crippen molar-refractivity contribution in [3.05, 3.63) is 47.1 Å². The lowest BCUT2D eigenvalue weighted by Crippen LogP contribution is -2.38. The van der Waals surface area contributed by atoms with Crippen molar-refractivity contribution < 1.29 is 0 Å². The van der Waals surface area contributed by atoms with Crippen LogP contribution in [0.2, 0.25) is 0 Å². The van der Waals surface area contributed by atoms with Gasteiger partial charge in [-0.1, -0.05) is 0 Å². The van der Waals surface area contributed by atoms with Crippen LogP contribution < -0.4 is 5.56 Å². The van der Waals surface area contributed by atoms with Crippen molar-refractivity contribution in [1.29, 1.82) is 0 Å². The highest BCUT2D eigenvalue weighted by Gasteiger charge is 2.24. The summed E-state index contributed by atoms with van der Waals surface area (Å²) in [4.78, 5) is 14.2. The molecule has 6 heteroatoms. The number of hydrogen-bond acceptors (Lipinski definition) is 4. The molecule has 0 aliphatic carbocycles. The molecule has 0 saturated carbocycles. The summed E-state index contributed by atoms with van der Waals surface area (Å²) in [6.45, 7) is 3.63. The molecule has 1 fully saturated rings. The van der Waals surface area contributed by atoms with Gasteiger partial charge in [0.05, 0.1) is 13.1 Å². The summed E-state index contributed by atoms with van der Waals surface area (Å²) in [6.07, 6.45) is 7.77. The molecule has 1 aliphatic heterocycles. The molecule has 0 bridgehead atoms. The molecule has 20 heavy (non-hydrogen) atoms. The Kier molecular flexibility index (Phi) is 3.92. The smallest absolute Gasteiger partial charge is 0.266 e. The van der Waals surface area contributed by atoms with E-state index in [1.165, 1.54) is 6.42 Å². The van der Waals surface area contributed by atoms with Crippen LogP contribution in [0, 0.1) is 0 Å². The molecule has 0 N–H and O–H groups in total. The van der Waals surface area contributed by atoms with Gasteiger partial charge in [0.15, 0.2) is 0 Å². The van der Waals surface area contributed by atoms with E-state index in [0.717, 1.165) is 26.1 Å². The first-order valence-electron chi connectivity index (χ1n) is 7.06. The van der Waals surface area contributed by atoms with E-state index in [-0.39, 0.29) is 5.56 Å². The van der Waals surface area contributed by atoms with Crippen molar-refractivity contribution in [2.24, 2.45) is 0 Å². The van der Waals surface area contributed by atoms with Crippen molar-refractivity contribution in [2.45, 2.75) is 32.0 Å². The molecular formula is C14H19N5O. The molecule has 3 heterocycles. The highest BCUT2D eigenvalue weighted by atomic mass is 16.1. The first-order chi connectivity index (χ1) is 9.83. The number of aromatic nitrogens is 4. The van der Waals surface area contributed by atoms with Gasteiger partial charge in [0, 0.05) is 37.2 Å². The second-order valence-corrected chi connectivity index (χ2v) is 5.15. The summed E-state index contributed by atoms with van der Waals surface area (Å²) < 4.78 is 3.51. The second-order valence-electron chi connectivity index (χ2n) is 5.15. The maximum absolute atomic E-state index is 11.7. The SMILES string of the molecule is O=c1cccnn1CC1CCCN1CCn1cccn1. The predicted molar refractivity (Wildman–Crippen MR) is 75.3 cm³/mol. The largest absolute Gasteiger partial charge is 0.297 e. The Hall–Kier alpha value is -1.95. The van der Waals surface area contributed by atoms with Crippen LogP contribution in [0.15, 0.2) is 41.6 Å². The molecule has 1 aliphatic rings. The minimum atomic E-state index is -0.0218. The van der Waals surface area contributed by atoms with Crippen LogP contribution in [0.1, 0.15) is 12.8 Å². The van der Waals surface area contributed by atoms with E-state index < -0.39 is 0 Å². The Balaban J connectivity index is 1.61. The van der Waals surface area contributed by atoms with E-state index in [4.69, 9.17) is 0 Å². The summed E-state index contributed by atoms with van der Waals surface area (Å²) >= 11 is 0. The fourth-order valence-electron chi connectivity index (χ4n) is 2.78. The van der Waals surface area contributed by atoms with Gasteiger partial charge in [0.2, 0.25) is 0 Å². The van der Waals surface area contributed by atoms with Gasteiger partial charge in [-0.05, 0) is 31.5 Å². The van der Waals surface area contributed by atoms with Crippen LogP contribution in [-0.4, -0.2) is 43.6 Å². The van der Waals surface area contributed by atoms with E-state index in [1.807, 2.05) is 16.9 Å². The minimum Gasteiger partial charge on any atom is -0.297 e. The number of hydrogen-bond donors (Lipinski definition) is 0. The Labute approximate surface area is 117 Å². The molecule has 0 aromatic carbocycles. The highest BCUT2D eigenvalue weighted by Crippen LogP contribution is 2.17. The Morgan fingerprint density at radius 2 is 2.10 bits per heavy atom. The lowest BCUT2D eigenvalue weighted by molar-refractivity contribution is 0.214. The summed E-state index contributed by atoms with van der Waals surface area (Å²) in [5.74, 6) is 0. The third-order valence-corrected chi connectivity index (χ3v) is 3.84. The van der Waals surface area contributed by atoms with Gasteiger partial charge >= 0.3 is 0 Å². The van der Waals surface area contributed by atoms with Gasteiger partial charge in [-0.3, -0.25) is 14.4 Å². The van der Waals surface area contributed by atoms with E-state index in [0.29, 0.717) is 12.6 Å². The minimum absolute atomic E-state index is 0.0218. The summed E-state index contributed by atoms with van der Waals surface area (Å²) in [7, 11) is 0. The van der Waals surface area contributed by atoms with Crippen LogP contribution in [-0.2, 0) is 13.1 Å². The third kappa shape index (κ3) is 2.96. The van der Waals surface area contributed by atoms with Crippen LogP contribution in [0.5, 0.6) is 0 Å². The van der Waals surface area contributed by atoms with Gasteiger partial charge < -0.3 is 0 Å². The van der Waals surface area contributed by atoms with Crippen LogP contribution in [0.4, 0.5) is 0 Å². The molecule has 1 saturated heterocycles. The summed E-state index contributed by atoms with van der Waals surface area (Å²) in [5.41, 5.74) is -0.0218. The molecule has 0 amide bonds. The van der Waals surface area contributed by atoms with Crippen molar-refractivity contribution in [2.75, 3.05) is 13.1 Å². The molecule has 1 unspecified atom stereocenters. The average molecular weight is 273 g/mol. The quantitative estimate of drug-likeness (QED) is 0.800. The average Bonchev–Trinajstić information content (AvgIpc) is 3.10. The Morgan fingerprint density at radius 1 is 1.20 bits per heavy atom. The number of nitrogens with zero attached hydrogens (tertiary/aromatic N) is 5. The molecule has 2 aromatic heterocycles. The normalized spacial score (nSPS) is 19.5. The third-order valence-electron chi connectivity index (χ3n) is 3.84. The number of likely N-dealkylation sites (tertiary alicyclic amines) is 1. The summed E-state index contributed by atoms with van der Waals surface area (Å²) in [6, 6.07) is 5.59. The Morgan fingerprint density at radius 3 is 2.90 bits per heavy atom. The highest BCUT2D eigenvalue weighted by molar-refractivity contribution is 4.87. The van der Waals surface area contributed by atoms with Gasteiger partial charge in [-0.15, -0.1) is 0 Å². The molecule has 2 aromatic rings. The monoisotopic (exact) mass is 273 g/mol. The van der Waals surface area contributed by atoms with Crippen molar-refractivity contribution in [3.8, 4) is 0 Å². The topological polar surface area (TPSA) is 56.0 Å². The van der Waals surface area contributed by atoms with Gasteiger partial charge in [-0.2, -0.15) is 10.2 Å². The fraction of sp³-hybridized carbons (Fsp3) is 0.500. The molecule has 0 spiro atoms. The second kappa shape index (κ2) is 6.00. The van der Waals surface area contributed by atoms with Gasteiger partial charge in [0.25, 0.3) is 5.56 Å². The molecule has 106 valence electrons. The first-order valence-corrected chi connectivity index (χ1v) is 7.06. The molecular weight excluding hydrogens is 254 g/mol. The van der Waals surface area contributed by atoms with E-state index >= 15 is 0 Å². The molecule has 6 nitrogen and oxygen atoms in total. The standard InChI is InChI=1S/C14H19N5O/c20-14-5-1-6-16-19(14)12-13-4-2-8-17(13)10-11-18-9-3-7-15-18/h1,3,5-7,9,13H,2,4,8,10-12H2. The number of rotatable bonds is 5. The summed E-state index contributed by atoms with van der Waals surface area (Å²) in [5, 5.41) is 8.37. The maximum Gasteiger partial charge on any atom is 0.266 e. The predicted octanol–water partition coefficient (Wildman–Crippen LogP) is 0.604. The lowest BCUT2D eigenvalue weighted by Gasteiger charge is -2.24. The lowest BCUT2D eigenvalue weighted by atomic mass is 10.2. The van der Waals surface area contributed by atoms with Crippen LogP contribution in [0.25, 0.3) is 0 Å². The molecule has 1 atom stereocenters. The zero-order chi connectivity index (χ0) is 13.8.